The average Bonchev–Trinajstić information content (AvgIpc) is 3.47. The maximum Gasteiger partial charge on any atom is 0.425 e. The lowest BCUT2D eigenvalue weighted by Gasteiger charge is -2.00. The van der Waals surface area contributed by atoms with Crippen LogP contribution in [0.1, 0.15) is 19.5 Å². The van der Waals surface area contributed by atoms with Gasteiger partial charge in [0.1, 0.15) is 20.8 Å². The van der Waals surface area contributed by atoms with Crippen molar-refractivity contribution < 1.29 is 26.3 Å². The number of halogens is 6. The summed E-state index contributed by atoms with van der Waals surface area (Å²) in [6.07, 6.45) is -5.66. The smallest absolute Gasteiger partial charge is 0.243 e. The lowest BCUT2D eigenvalue weighted by Crippen LogP contribution is -2.00. The second kappa shape index (κ2) is 7.93. The molecule has 0 aliphatic carbocycles. The molecule has 0 amide bonds. The standard InChI is InChI=1S/C22H10F6N2S3/c23-21(24,25)17-7-5-11(31-17)9-15-19-20(30-14-4-2-1-3-13(14)29-19)16(33-15)10-12-6-8-18(32-12)22(26,27)28/h1-10H/b15-9-,16-10-. The van der Waals surface area contributed by atoms with Crippen molar-refractivity contribution in [2.75, 3.05) is 0 Å². The summed E-state index contributed by atoms with van der Waals surface area (Å²) in [6, 6.07) is 11.9. The monoisotopic (exact) mass is 512 g/mol. The second-order valence-electron chi connectivity index (χ2n) is 6.93. The molecular formula is C22H10F6N2S3. The fourth-order valence-electron chi connectivity index (χ4n) is 3.18. The maximum absolute atomic E-state index is 13.0. The molecule has 2 nitrogen and oxygen atoms in total. The van der Waals surface area contributed by atoms with Gasteiger partial charge in [-0.25, -0.2) is 9.97 Å². The predicted octanol–water partition coefficient (Wildman–Crippen LogP) is 6.66. The van der Waals surface area contributed by atoms with Crippen molar-refractivity contribution in [3.63, 3.8) is 0 Å². The molecule has 0 N–H and O–H groups in total. The zero-order chi connectivity index (χ0) is 23.4. The van der Waals surface area contributed by atoms with E-state index in [2.05, 4.69) is 9.97 Å². The number of thiophene rings is 3. The maximum atomic E-state index is 13.0. The fourth-order valence-corrected chi connectivity index (χ4v) is 6.05. The molecular weight excluding hydrogens is 502 g/mol. The van der Waals surface area contributed by atoms with Gasteiger partial charge in [-0.1, -0.05) is 12.1 Å². The van der Waals surface area contributed by atoms with Crippen molar-refractivity contribution in [3.05, 3.63) is 77.1 Å². The van der Waals surface area contributed by atoms with E-state index >= 15 is 0 Å². The van der Waals surface area contributed by atoms with E-state index in [1.54, 1.807) is 36.4 Å². The van der Waals surface area contributed by atoms with Gasteiger partial charge in [-0.2, -0.15) is 26.3 Å². The quantitative estimate of drug-likeness (QED) is 0.247. The normalized spacial score (nSPS) is 14.1. The molecule has 0 aliphatic heterocycles. The minimum Gasteiger partial charge on any atom is -0.243 e. The first-order valence-electron chi connectivity index (χ1n) is 9.31. The number of rotatable bonds is 2. The molecule has 0 saturated heterocycles. The summed E-state index contributed by atoms with van der Waals surface area (Å²) < 4.78 is 79.1. The molecule has 4 aromatic heterocycles. The third-order valence-electron chi connectivity index (χ3n) is 4.62. The highest BCUT2D eigenvalue weighted by atomic mass is 32.1. The van der Waals surface area contributed by atoms with Gasteiger partial charge in [-0.05, 0) is 48.6 Å². The molecule has 0 spiro atoms. The third kappa shape index (κ3) is 4.40. The number of benzene rings is 1. The van der Waals surface area contributed by atoms with Crippen LogP contribution in [0.15, 0.2) is 48.5 Å². The Hall–Kier alpha value is -2.76. The number of hydrogen-bond acceptors (Lipinski definition) is 5. The Morgan fingerprint density at radius 2 is 1.00 bits per heavy atom. The summed E-state index contributed by atoms with van der Waals surface area (Å²) >= 11 is 2.44. The topological polar surface area (TPSA) is 25.8 Å². The summed E-state index contributed by atoms with van der Waals surface area (Å²) in [4.78, 5) is 8.64. The van der Waals surface area contributed by atoms with Gasteiger partial charge in [0.15, 0.2) is 0 Å². The van der Waals surface area contributed by atoms with Gasteiger partial charge in [0.25, 0.3) is 0 Å². The van der Waals surface area contributed by atoms with E-state index in [1.807, 2.05) is 0 Å². The molecule has 5 aromatic rings. The van der Waals surface area contributed by atoms with Crippen LogP contribution in [0.2, 0.25) is 0 Å². The molecule has 11 heteroatoms. The van der Waals surface area contributed by atoms with Crippen molar-refractivity contribution in [3.8, 4) is 0 Å². The van der Waals surface area contributed by atoms with Gasteiger partial charge in [-0.3, -0.25) is 0 Å². The first kappa shape index (κ1) is 22.1. The SMILES string of the molecule is FC(F)(F)c1ccc(/C=c2\s/c(=C\c3ccc(C(F)(F)F)s3)c3nc4ccccc4nc23)s1. The lowest BCUT2D eigenvalue weighted by atomic mass is 10.2. The molecule has 4 heterocycles. The van der Waals surface area contributed by atoms with Crippen molar-refractivity contribution in [1.29, 1.82) is 0 Å². The van der Waals surface area contributed by atoms with Crippen LogP contribution in [0, 0.1) is 0 Å². The minimum atomic E-state index is -4.43. The molecule has 0 aliphatic rings. The van der Waals surface area contributed by atoms with Gasteiger partial charge < -0.3 is 0 Å². The van der Waals surface area contributed by atoms with Crippen LogP contribution in [0.4, 0.5) is 26.3 Å². The number of nitrogens with zero attached hydrogens (tertiary/aromatic N) is 2. The van der Waals surface area contributed by atoms with Crippen LogP contribution < -0.4 is 9.06 Å². The van der Waals surface area contributed by atoms with Gasteiger partial charge in [0.05, 0.1) is 20.1 Å². The van der Waals surface area contributed by atoms with E-state index in [0.717, 1.165) is 12.1 Å². The van der Waals surface area contributed by atoms with Gasteiger partial charge >= 0.3 is 12.4 Å². The summed E-state index contributed by atoms with van der Waals surface area (Å²) in [5.41, 5.74) is 2.20. The van der Waals surface area contributed by atoms with Gasteiger partial charge in [0.2, 0.25) is 0 Å². The van der Waals surface area contributed by atoms with Gasteiger partial charge in [-0.15, -0.1) is 34.0 Å². The van der Waals surface area contributed by atoms with Crippen LogP contribution in [0.25, 0.3) is 34.2 Å². The third-order valence-corrected chi connectivity index (χ3v) is 7.83. The number of aromatic nitrogens is 2. The molecule has 0 saturated carbocycles. The van der Waals surface area contributed by atoms with E-state index in [1.165, 1.54) is 23.5 Å². The number of alkyl halides is 6. The summed E-state index contributed by atoms with van der Waals surface area (Å²) in [6.45, 7) is 0. The van der Waals surface area contributed by atoms with Crippen LogP contribution in [-0.2, 0) is 12.4 Å². The molecule has 0 bridgehead atoms. The Morgan fingerprint density at radius 3 is 1.36 bits per heavy atom. The first-order valence-corrected chi connectivity index (χ1v) is 11.8. The summed E-state index contributed by atoms with van der Waals surface area (Å²) in [5.74, 6) is 0. The minimum absolute atomic E-state index is 0.391. The van der Waals surface area contributed by atoms with Gasteiger partial charge in [0, 0.05) is 9.75 Å². The zero-order valence-corrected chi connectivity index (χ0v) is 18.6. The van der Waals surface area contributed by atoms with Crippen molar-refractivity contribution >= 4 is 68.2 Å². The molecule has 0 fully saturated rings. The molecule has 0 radical (unpaired) electrons. The average molecular weight is 513 g/mol. The summed E-state index contributed by atoms with van der Waals surface area (Å²) in [7, 11) is 0. The van der Waals surface area contributed by atoms with E-state index in [9.17, 15) is 26.3 Å². The molecule has 0 atom stereocenters. The molecule has 168 valence electrons. The Bertz CT molecular complexity index is 1490. The molecule has 1 aromatic carbocycles. The molecule has 33 heavy (non-hydrogen) atoms. The predicted molar refractivity (Wildman–Crippen MR) is 120 cm³/mol. The fraction of sp³-hybridized carbons (Fsp3) is 0.0909. The molecule has 0 unspecified atom stereocenters. The number of para-hydroxylation sites is 2. The highest BCUT2D eigenvalue weighted by molar-refractivity contribution is 7.14. The van der Waals surface area contributed by atoms with Crippen molar-refractivity contribution in [2.24, 2.45) is 0 Å². The Labute approximate surface area is 193 Å². The number of fused-ring (bicyclic) bond motifs is 2. The van der Waals surface area contributed by atoms with Crippen LogP contribution >= 0.6 is 34.0 Å². The van der Waals surface area contributed by atoms with Crippen molar-refractivity contribution in [1.82, 2.24) is 9.97 Å². The Morgan fingerprint density at radius 1 is 0.576 bits per heavy atom. The van der Waals surface area contributed by atoms with Crippen molar-refractivity contribution in [2.45, 2.75) is 12.4 Å². The Kier molecular flexibility index (Phi) is 5.30. The summed E-state index contributed by atoms with van der Waals surface area (Å²) in [5, 5.41) is 0. The van der Waals surface area contributed by atoms with E-state index in [0.29, 0.717) is 63.6 Å². The van der Waals surface area contributed by atoms with E-state index in [-0.39, 0.29) is 0 Å². The van der Waals surface area contributed by atoms with Crippen LogP contribution in [0.3, 0.4) is 0 Å². The second-order valence-corrected chi connectivity index (χ2v) is 10.2. The largest absolute Gasteiger partial charge is 0.425 e. The lowest BCUT2D eigenvalue weighted by molar-refractivity contribution is -0.135. The van der Waals surface area contributed by atoms with Crippen LogP contribution in [0.5, 0.6) is 0 Å². The van der Waals surface area contributed by atoms with Crippen LogP contribution in [-0.4, -0.2) is 9.97 Å². The highest BCUT2D eigenvalue weighted by Gasteiger charge is 2.33. The number of hydrogen-bond donors (Lipinski definition) is 0. The zero-order valence-electron chi connectivity index (χ0n) is 16.2. The Balaban J connectivity index is 1.74. The van der Waals surface area contributed by atoms with E-state index < -0.39 is 22.1 Å². The van der Waals surface area contributed by atoms with E-state index in [4.69, 9.17) is 0 Å². The highest BCUT2D eigenvalue weighted by Crippen LogP contribution is 2.36. The first-order chi connectivity index (χ1) is 15.6. The molecule has 5 rings (SSSR count).